The number of benzene rings is 1. The molecule has 2 rings (SSSR count). The lowest BCUT2D eigenvalue weighted by Crippen LogP contribution is -2.04. The second kappa shape index (κ2) is 7.60. The molecule has 1 aromatic carbocycles. The highest BCUT2D eigenvalue weighted by Gasteiger charge is 2.08. The van der Waals surface area contributed by atoms with Crippen molar-refractivity contribution in [1.82, 2.24) is 4.98 Å². The minimum absolute atomic E-state index is 0.0509. The molecule has 1 heterocycles. The van der Waals surface area contributed by atoms with Crippen LogP contribution in [0.1, 0.15) is 20.8 Å². The van der Waals surface area contributed by atoms with Crippen molar-refractivity contribution < 1.29 is 14.7 Å². The molecule has 0 saturated heterocycles. The number of aldehydes is 1. The van der Waals surface area contributed by atoms with Crippen molar-refractivity contribution in [2.75, 3.05) is 12.4 Å². The minimum atomic E-state index is -1.02. The number of carboxylic acids is 1. The van der Waals surface area contributed by atoms with Crippen LogP contribution in [0.15, 0.2) is 48.7 Å². The number of carboxylic acid groups (broad SMARTS) is 1. The predicted molar refractivity (Wildman–Crippen MR) is 72.6 cm³/mol. The van der Waals surface area contributed by atoms with Gasteiger partial charge in [0.05, 0.1) is 5.69 Å². The fourth-order valence-corrected chi connectivity index (χ4v) is 1.31. The predicted octanol–water partition coefficient (Wildman–Crippen LogP) is 2.32. The third-order valence-electron chi connectivity index (χ3n) is 2.22. The second-order valence-electron chi connectivity index (χ2n) is 3.48. The number of rotatable bonds is 3. The molecule has 0 aliphatic carbocycles. The molecule has 2 aromatic rings. The first kappa shape index (κ1) is 14.4. The van der Waals surface area contributed by atoms with Gasteiger partial charge in [-0.2, -0.15) is 0 Å². The van der Waals surface area contributed by atoms with Gasteiger partial charge in [0.25, 0.3) is 0 Å². The first-order valence-electron chi connectivity index (χ1n) is 5.55. The van der Waals surface area contributed by atoms with Crippen LogP contribution in [-0.2, 0) is 0 Å². The van der Waals surface area contributed by atoms with Crippen LogP contribution in [0.5, 0.6) is 0 Å². The Kier molecular flexibility index (Phi) is 5.75. The van der Waals surface area contributed by atoms with Gasteiger partial charge >= 0.3 is 5.97 Å². The Morgan fingerprint density at radius 1 is 1.21 bits per heavy atom. The molecular weight excluding hydrogens is 244 g/mol. The van der Waals surface area contributed by atoms with Crippen molar-refractivity contribution in [3.8, 4) is 0 Å². The highest BCUT2D eigenvalue weighted by atomic mass is 16.4. The van der Waals surface area contributed by atoms with Crippen LogP contribution >= 0.6 is 0 Å². The number of hydrogen-bond acceptors (Lipinski definition) is 4. The van der Waals surface area contributed by atoms with Crippen molar-refractivity contribution in [1.29, 1.82) is 0 Å². The average molecular weight is 258 g/mol. The smallest absolute Gasteiger partial charge is 0.356 e. The molecule has 98 valence electrons. The maximum absolute atomic E-state index is 10.5. The van der Waals surface area contributed by atoms with E-state index >= 15 is 0 Å². The average Bonchev–Trinajstić information content (AvgIpc) is 2.48. The minimum Gasteiger partial charge on any atom is -0.476 e. The number of nitrogens with one attached hydrogen (secondary N) is 1. The van der Waals surface area contributed by atoms with E-state index in [4.69, 9.17) is 5.11 Å². The first-order valence-corrected chi connectivity index (χ1v) is 5.55. The fourth-order valence-electron chi connectivity index (χ4n) is 1.31. The van der Waals surface area contributed by atoms with Gasteiger partial charge in [0.15, 0.2) is 5.69 Å². The lowest BCUT2D eigenvalue weighted by atomic mass is 10.2. The lowest BCUT2D eigenvalue weighted by molar-refractivity contribution is 0.0691. The standard InChI is InChI=1S/C7H8N2O2.C7H6O/c1-8-5-3-2-4-9-6(5)7(10)11;8-6-7-4-2-1-3-5-7/h2-4,8H,1H3,(H,10,11);1-6H. The van der Waals surface area contributed by atoms with Gasteiger partial charge in [-0.3, -0.25) is 4.79 Å². The lowest BCUT2D eigenvalue weighted by Gasteiger charge is -2.01. The third-order valence-corrected chi connectivity index (χ3v) is 2.22. The van der Waals surface area contributed by atoms with Crippen molar-refractivity contribution >= 4 is 17.9 Å². The summed E-state index contributed by atoms with van der Waals surface area (Å²) in [6, 6.07) is 12.4. The molecule has 5 heteroatoms. The zero-order valence-corrected chi connectivity index (χ0v) is 10.4. The number of carbonyl (C=O) groups is 2. The van der Waals surface area contributed by atoms with Crippen LogP contribution in [0.4, 0.5) is 5.69 Å². The van der Waals surface area contributed by atoms with Crippen LogP contribution in [0.3, 0.4) is 0 Å². The number of nitrogens with zero attached hydrogens (tertiary/aromatic N) is 1. The molecule has 0 amide bonds. The number of anilines is 1. The molecular formula is C14H14N2O3. The normalized spacial score (nSPS) is 8.89. The van der Waals surface area contributed by atoms with E-state index < -0.39 is 5.97 Å². The van der Waals surface area contributed by atoms with Gasteiger partial charge in [-0.1, -0.05) is 30.3 Å². The van der Waals surface area contributed by atoms with E-state index in [2.05, 4.69) is 10.3 Å². The van der Waals surface area contributed by atoms with Crippen LogP contribution in [0.25, 0.3) is 0 Å². The molecule has 2 N–H and O–H groups in total. The van der Waals surface area contributed by atoms with Crippen molar-refractivity contribution in [2.24, 2.45) is 0 Å². The molecule has 0 aliphatic rings. The van der Waals surface area contributed by atoms with E-state index in [0.717, 1.165) is 11.8 Å². The SMILES string of the molecule is CNc1cccnc1C(=O)O.O=Cc1ccccc1. The summed E-state index contributed by atoms with van der Waals surface area (Å²) in [5, 5.41) is 11.3. The Morgan fingerprint density at radius 2 is 1.89 bits per heavy atom. The van der Waals surface area contributed by atoms with E-state index in [1.54, 1.807) is 31.3 Å². The number of aromatic nitrogens is 1. The summed E-state index contributed by atoms with van der Waals surface area (Å²) < 4.78 is 0. The molecule has 1 aromatic heterocycles. The van der Waals surface area contributed by atoms with E-state index in [9.17, 15) is 9.59 Å². The van der Waals surface area contributed by atoms with Gasteiger partial charge in [-0.25, -0.2) is 9.78 Å². The van der Waals surface area contributed by atoms with Gasteiger partial charge in [0.2, 0.25) is 0 Å². The number of pyridine rings is 1. The molecule has 0 fully saturated rings. The van der Waals surface area contributed by atoms with Gasteiger partial charge in [0.1, 0.15) is 6.29 Å². The Hall–Kier alpha value is -2.69. The van der Waals surface area contributed by atoms with Gasteiger partial charge in [-0.15, -0.1) is 0 Å². The Bertz CT molecular complexity index is 541. The van der Waals surface area contributed by atoms with Crippen molar-refractivity contribution in [3.63, 3.8) is 0 Å². The van der Waals surface area contributed by atoms with E-state index in [1.165, 1.54) is 6.20 Å². The molecule has 0 bridgehead atoms. The fraction of sp³-hybridized carbons (Fsp3) is 0.0714. The summed E-state index contributed by atoms with van der Waals surface area (Å²) in [7, 11) is 1.66. The Labute approximate surface area is 110 Å². The topological polar surface area (TPSA) is 79.3 Å². The molecule has 19 heavy (non-hydrogen) atoms. The Morgan fingerprint density at radius 3 is 2.32 bits per heavy atom. The molecule has 0 spiro atoms. The van der Waals surface area contributed by atoms with Crippen molar-refractivity contribution in [3.05, 3.63) is 59.9 Å². The third kappa shape index (κ3) is 4.59. The summed E-state index contributed by atoms with van der Waals surface area (Å²) >= 11 is 0. The van der Waals surface area contributed by atoms with Crippen LogP contribution in [0.2, 0.25) is 0 Å². The first-order chi connectivity index (χ1) is 9.19. The van der Waals surface area contributed by atoms with Gasteiger partial charge in [0, 0.05) is 18.8 Å². The molecule has 0 radical (unpaired) electrons. The molecule has 0 saturated carbocycles. The summed E-state index contributed by atoms with van der Waals surface area (Å²) in [5.74, 6) is -1.02. The van der Waals surface area contributed by atoms with Gasteiger partial charge < -0.3 is 10.4 Å². The summed E-state index contributed by atoms with van der Waals surface area (Å²) in [4.78, 5) is 24.2. The summed E-state index contributed by atoms with van der Waals surface area (Å²) in [6.45, 7) is 0. The molecule has 5 nitrogen and oxygen atoms in total. The Balaban J connectivity index is 0.000000200. The monoisotopic (exact) mass is 258 g/mol. The van der Waals surface area contributed by atoms with Crippen LogP contribution in [-0.4, -0.2) is 29.4 Å². The largest absolute Gasteiger partial charge is 0.476 e. The number of aromatic carboxylic acids is 1. The molecule has 0 unspecified atom stereocenters. The second-order valence-corrected chi connectivity index (χ2v) is 3.48. The number of hydrogen-bond donors (Lipinski definition) is 2. The number of carbonyl (C=O) groups excluding carboxylic acids is 1. The maximum atomic E-state index is 10.5. The zero-order chi connectivity index (χ0) is 14.1. The van der Waals surface area contributed by atoms with Crippen molar-refractivity contribution in [2.45, 2.75) is 0 Å². The summed E-state index contributed by atoms with van der Waals surface area (Å²) in [5.41, 5.74) is 1.31. The highest BCUT2D eigenvalue weighted by Crippen LogP contribution is 2.09. The van der Waals surface area contributed by atoms with Crippen LogP contribution in [0, 0.1) is 0 Å². The zero-order valence-electron chi connectivity index (χ0n) is 10.4. The van der Waals surface area contributed by atoms with Crippen LogP contribution < -0.4 is 5.32 Å². The maximum Gasteiger partial charge on any atom is 0.356 e. The van der Waals surface area contributed by atoms with E-state index in [0.29, 0.717) is 5.69 Å². The highest BCUT2D eigenvalue weighted by molar-refractivity contribution is 5.91. The summed E-state index contributed by atoms with van der Waals surface area (Å²) in [6.07, 6.45) is 2.28. The molecule has 0 aliphatic heterocycles. The van der Waals surface area contributed by atoms with E-state index in [-0.39, 0.29) is 5.69 Å². The molecule has 0 atom stereocenters. The van der Waals surface area contributed by atoms with Gasteiger partial charge in [-0.05, 0) is 12.1 Å². The quantitative estimate of drug-likeness (QED) is 0.826. The van der Waals surface area contributed by atoms with E-state index in [1.807, 2.05) is 18.2 Å².